The molecule has 3 heterocycles. The van der Waals surface area contributed by atoms with Crippen LogP contribution in [0.3, 0.4) is 0 Å². The predicted octanol–water partition coefficient (Wildman–Crippen LogP) is 6.48. The first-order chi connectivity index (χ1) is 23.2. The van der Waals surface area contributed by atoms with Gasteiger partial charge in [-0.3, -0.25) is 9.69 Å². The minimum absolute atomic E-state index is 0.0147. The van der Waals surface area contributed by atoms with Crippen LogP contribution in [0.2, 0.25) is 5.02 Å². The van der Waals surface area contributed by atoms with Crippen molar-refractivity contribution in [1.82, 2.24) is 19.4 Å². The molecule has 1 aliphatic heterocycles. The van der Waals surface area contributed by atoms with Crippen LogP contribution in [-0.2, 0) is 24.5 Å². The van der Waals surface area contributed by atoms with Crippen molar-refractivity contribution in [1.29, 1.82) is 5.26 Å². The molecule has 2 fully saturated rings. The standard InChI is InChI=1S/C36H32ClF2N5O4/c37-23-1-8-32(29(39)18-23)47-20-22-17-25(2-5-28(22)38)48-24-9-15-43(16-10-24)19-33-41-31-7-6-30(26-3-4-27(26)35(45)46)42-34(31)44(33)21-36(11-12-36)13-14-40/h1-2,5-8,17-18,24,26-27H,9-13,15-16,19-21H2,(H,45,46). The number of nitrogens with zero attached hydrogens (tertiary/aromatic N) is 5. The summed E-state index contributed by atoms with van der Waals surface area (Å²) >= 11 is 5.80. The van der Waals surface area contributed by atoms with Gasteiger partial charge in [-0.15, -0.1) is 0 Å². The number of hydrogen-bond donors (Lipinski definition) is 1. The highest BCUT2D eigenvalue weighted by Gasteiger charge is 2.44. The van der Waals surface area contributed by atoms with E-state index in [9.17, 15) is 23.9 Å². The van der Waals surface area contributed by atoms with Gasteiger partial charge >= 0.3 is 5.97 Å². The van der Waals surface area contributed by atoms with Crippen LogP contribution in [-0.4, -0.2) is 49.7 Å². The molecule has 12 heteroatoms. The van der Waals surface area contributed by atoms with Gasteiger partial charge < -0.3 is 19.1 Å². The van der Waals surface area contributed by atoms with E-state index in [1.54, 1.807) is 12.1 Å². The van der Waals surface area contributed by atoms with E-state index in [4.69, 9.17) is 31.0 Å². The van der Waals surface area contributed by atoms with Gasteiger partial charge in [0.25, 0.3) is 0 Å². The number of fused-ring (bicyclic) bond motifs is 1. The third-order valence-electron chi connectivity index (χ3n) is 9.41. The van der Waals surface area contributed by atoms with Gasteiger partial charge in [0.1, 0.15) is 41.5 Å². The van der Waals surface area contributed by atoms with E-state index in [1.165, 1.54) is 18.2 Å². The van der Waals surface area contributed by atoms with Crippen molar-refractivity contribution in [2.24, 2.45) is 11.3 Å². The summed E-state index contributed by atoms with van der Waals surface area (Å²) < 4.78 is 42.5. The number of carboxylic acids is 1. The first-order valence-corrected chi connectivity index (χ1v) is 16.3. The van der Waals surface area contributed by atoms with E-state index in [-0.39, 0.29) is 34.5 Å². The fourth-order valence-corrected chi connectivity index (χ4v) is 6.51. The van der Waals surface area contributed by atoms with Gasteiger partial charge in [0.15, 0.2) is 17.2 Å². The topological polar surface area (TPSA) is 114 Å². The first-order valence-electron chi connectivity index (χ1n) is 15.9. The van der Waals surface area contributed by atoms with E-state index in [2.05, 4.69) is 27.4 Å². The zero-order valence-electron chi connectivity index (χ0n) is 26.0. The minimum Gasteiger partial charge on any atom is -0.490 e. The summed E-state index contributed by atoms with van der Waals surface area (Å²) in [6, 6.07) is 14.6. The first kappa shape index (κ1) is 31.9. The van der Waals surface area contributed by atoms with Crippen LogP contribution >= 0.6 is 11.6 Å². The SMILES string of the molecule is N#CCC1(Cn2c(CN3CCC(Oc4ccc(F)c(COc5ccc(Cl)cc5F)c4)CC3)nc3ccc(C4C#CC4C(=O)O)nc32)CC1. The molecule has 2 aromatic heterocycles. The van der Waals surface area contributed by atoms with Gasteiger partial charge in [-0.2, -0.15) is 5.26 Å². The number of ether oxygens (including phenoxy) is 2. The Kier molecular flexibility index (Phi) is 8.67. The maximum Gasteiger partial charge on any atom is 0.320 e. The third-order valence-corrected chi connectivity index (χ3v) is 9.64. The highest BCUT2D eigenvalue weighted by molar-refractivity contribution is 6.30. The lowest BCUT2D eigenvalue weighted by atomic mass is 9.83. The molecule has 48 heavy (non-hydrogen) atoms. The van der Waals surface area contributed by atoms with Crippen LogP contribution in [0.25, 0.3) is 11.2 Å². The van der Waals surface area contributed by atoms with Gasteiger partial charge in [-0.05, 0) is 74.2 Å². The molecule has 3 aliphatic rings. The number of likely N-dealkylation sites (tertiary alicyclic amines) is 1. The van der Waals surface area contributed by atoms with Crippen molar-refractivity contribution in [2.75, 3.05) is 13.1 Å². The largest absolute Gasteiger partial charge is 0.490 e. The maximum absolute atomic E-state index is 14.6. The zero-order chi connectivity index (χ0) is 33.4. The number of piperidine rings is 1. The van der Waals surface area contributed by atoms with Crippen LogP contribution < -0.4 is 9.47 Å². The number of rotatable bonds is 12. The minimum atomic E-state index is -0.951. The van der Waals surface area contributed by atoms with E-state index in [0.717, 1.165) is 56.2 Å². The molecule has 2 aliphatic carbocycles. The Morgan fingerprint density at radius 2 is 1.90 bits per heavy atom. The van der Waals surface area contributed by atoms with Crippen molar-refractivity contribution in [2.45, 2.75) is 63.8 Å². The average Bonchev–Trinajstić information content (AvgIpc) is 3.72. The lowest BCUT2D eigenvalue weighted by molar-refractivity contribution is -0.140. The summed E-state index contributed by atoms with van der Waals surface area (Å²) in [6.07, 6.45) is 3.81. The lowest BCUT2D eigenvalue weighted by Gasteiger charge is -2.32. The number of halogens is 3. The van der Waals surface area contributed by atoms with E-state index in [0.29, 0.717) is 36.6 Å². The van der Waals surface area contributed by atoms with Crippen molar-refractivity contribution in [3.63, 3.8) is 0 Å². The summed E-state index contributed by atoms with van der Waals surface area (Å²) in [5, 5.41) is 19.2. The van der Waals surface area contributed by atoms with E-state index in [1.807, 2.05) is 12.1 Å². The Labute approximate surface area is 281 Å². The third kappa shape index (κ3) is 6.66. The molecule has 0 spiro atoms. The number of carbonyl (C=O) groups is 1. The van der Waals surface area contributed by atoms with E-state index < -0.39 is 29.4 Å². The predicted molar refractivity (Wildman–Crippen MR) is 172 cm³/mol. The van der Waals surface area contributed by atoms with Gasteiger partial charge in [-0.25, -0.2) is 18.7 Å². The normalized spacial score (nSPS) is 20.0. The molecule has 1 saturated heterocycles. The molecule has 246 valence electrons. The highest BCUT2D eigenvalue weighted by atomic mass is 35.5. The second-order valence-electron chi connectivity index (χ2n) is 12.8. The Morgan fingerprint density at radius 3 is 2.58 bits per heavy atom. The number of pyridine rings is 1. The number of carboxylic acid groups (broad SMARTS) is 1. The van der Waals surface area contributed by atoms with Crippen molar-refractivity contribution in [3.05, 3.63) is 82.3 Å². The van der Waals surface area contributed by atoms with Crippen LogP contribution in [0.1, 0.15) is 55.1 Å². The molecule has 7 rings (SSSR count). The number of nitriles is 1. The Hall–Kier alpha value is -4.71. The molecule has 0 radical (unpaired) electrons. The summed E-state index contributed by atoms with van der Waals surface area (Å²) in [6.45, 7) is 2.55. The van der Waals surface area contributed by atoms with Crippen LogP contribution in [0.4, 0.5) is 8.78 Å². The van der Waals surface area contributed by atoms with Crippen LogP contribution in [0, 0.1) is 46.1 Å². The lowest BCUT2D eigenvalue weighted by Crippen LogP contribution is -2.38. The van der Waals surface area contributed by atoms with Crippen molar-refractivity contribution >= 4 is 28.7 Å². The Balaban J connectivity index is 1.02. The summed E-state index contributed by atoms with van der Waals surface area (Å²) in [5.41, 5.74) is 2.20. The summed E-state index contributed by atoms with van der Waals surface area (Å²) in [4.78, 5) is 23.7. The zero-order valence-corrected chi connectivity index (χ0v) is 26.7. The quantitative estimate of drug-likeness (QED) is 0.170. The highest BCUT2D eigenvalue weighted by Crippen LogP contribution is 2.50. The fourth-order valence-electron chi connectivity index (χ4n) is 6.35. The number of aliphatic carboxylic acids is 1. The number of hydrogen-bond acceptors (Lipinski definition) is 7. The van der Waals surface area contributed by atoms with Gasteiger partial charge in [-0.1, -0.05) is 23.4 Å². The van der Waals surface area contributed by atoms with Crippen LogP contribution in [0.15, 0.2) is 48.5 Å². The summed E-state index contributed by atoms with van der Waals surface area (Å²) in [5.74, 6) is 3.75. The molecule has 2 aromatic carbocycles. The molecule has 2 atom stereocenters. The van der Waals surface area contributed by atoms with Crippen LogP contribution in [0.5, 0.6) is 11.5 Å². The molecular formula is C36H32ClF2N5O4. The number of aromatic nitrogens is 3. The smallest absolute Gasteiger partial charge is 0.320 e. The van der Waals surface area contributed by atoms with Crippen molar-refractivity contribution in [3.8, 4) is 29.4 Å². The molecule has 0 bridgehead atoms. The van der Waals surface area contributed by atoms with Crippen molar-refractivity contribution < 1.29 is 28.2 Å². The molecule has 1 N–H and O–H groups in total. The Bertz CT molecular complexity index is 1990. The second-order valence-corrected chi connectivity index (χ2v) is 13.3. The van der Waals surface area contributed by atoms with E-state index >= 15 is 0 Å². The number of imidazole rings is 1. The molecule has 0 amide bonds. The monoisotopic (exact) mass is 671 g/mol. The Morgan fingerprint density at radius 1 is 1.08 bits per heavy atom. The molecule has 2 unspecified atom stereocenters. The molecular weight excluding hydrogens is 640 g/mol. The second kappa shape index (κ2) is 13.1. The van der Waals surface area contributed by atoms with Gasteiger partial charge in [0.2, 0.25) is 0 Å². The molecule has 4 aromatic rings. The molecule has 1 saturated carbocycles. The van der Waals surface area contributed by atoms with Gasteiger partial charge in [0.05, 0.1) is 24.2 Å². The fraction of sp³-hybridized carbons (Fsp3) is 0.389. The molecule has 9 nitrogen and oxygen atoms in total. The average molecular weight is 672 g/mol. The summed E-state index contributed by atoms with van der Waals surface area (Å²) in [7, 11) is 0. The number of benzene rings is 2. The maximum atomic E-state index is 14.6. The van der Waals surface area contributed by atoms with Gasteiger partial charge in [0, 0.05) is 42.1 Å².